The zero-order valence-electron chi connectivity index (χ0n) is 15.2. The molecule has 29 heavy (non-hydrogen) atoms. The van der Waals surface area contributed by atoms with Crippen molar-refractivity contribution < 1.29 is 22.7 Å². The smallest absolute Gasteiger partial charge is 0.416 e. The first-order chi connectivity index (χ1) is 13.8. The van der Waals surface area contributed by atoms with Crippen molar-refractivity contribution in [2.24, 2.45) is 0 Å². The van der Waals surface area contributed by atoms with E-state index in [9.17, 15) is 18.0 Å². The van der Waals surface area contributed by atoms with Gasteiger partial charge in [0, 0.05) is 12.0 Å². The molecule has 0 aliphatic heterocycles. The molecule has 0 saturated heterocycles. The number of benzene rings is 3. The van der Waals surface area contributed by atoms with Crippen LogP contribution in [0.3, 0.4) is 0 Å². The van der Waals surface area contributed by atoms with Gasteiger partial charge in [-0.3, -0.25) is 4.79 Å². The van der Waals surface area contributed by atoms with Gasteiger partial charge in [-0.1, -0.05) is 48.5 Å². The number of alkyl halides is 3. The first kappa shape index (κ1) is 20.2. The van der Waals surface area contributed by atoms with Crippen molar-refractivity contribution in [1.29, 1.82) is 0 Å². The molecule has 0 atom stereocenters. The third kappa shape index (κ3) is 5.45. The third-order valence-corrected chi connectivity index (χ3v) is 4.27. The minimum Gasteiger partial charge on any atom is -0.489 e. The maximum Gasteiger partial charge on any atom is 0.416 e. The molecule has 0 heterocycles. The highest BCUT2D eigenvalue weighted by Crippen LogP contribution is 2.29. The lowest BCUT2D eigenvalue weighted by atomic mass is 10.0. The van der Waals surface area contributed by atoms with Crippen LogP contribution >= 0.6 is 0 Å². The highest BCUT2D eigenvalue weighted by Gasteiger charge is 2.29. The summed E-state index contributed by atoms with van der Waals surface area (Å²) >= 11 is 0. The van der Waals surface area contributed by atoms with E-state index in [0.29, 0.717) is 22.6 Å². The minimum atomic E-state index is -4.37. The van der Waals surface area contributed by atoms with Crippen molar-refractivity contribution in [3.05, 3.63) is 106 Å². The number of carbonyl (C=O) groups is 1. The summed E-state index contributed by atoms with van der Waals surface area (Å²) in [5.74, 6) is 0.361. The number of nitrogens with zero attached hydrogens (tertiary/aromatic N) is 1. The number of carbonyl (C=O) groups excluding carboxylic acids is 1. The first-order valence-electron chi connectivity index (χ1n) is 8.74. The number of rotatable bonds is 6. The quantitative estimate of drug-likeness (QED) is 0.364. The fourth-order valence-electron chi connectivity index (χ4n) is 2.69. The Morgan fingerprint density at radius 1 is 0.931 bits per heavy atom. The Bertz CT molecular complexity index is 1030. The fraction of sp³-hybridized carbons (Fsp3) is 0.130. The van der Waals surface area contributed by atoms with Crippen LogP contribution in [-0.4, -0.2) is 5.78 Å². The number of halogens is 3. The summed E-state index contributed by atoms with van der Waals surface area (Å²) in [6.45, 7) is 7.04. The summed E-state index contributed by atoms with van der Waals surface area (Å²) in [6, 6.07) is 18.2. The molecule has 0 saturated carbocycles. The van der Waals surface area contributed by atoms with Crippen LogP contribution in [-0.2, 0) is 19.2 Å². The number of ether oxygens (including phenoxy) is 1. The largest absolute Gasteiger partial charge is 0.489 e. The van der Waals surface area contributed by atoms with Crippen molar-refractivity contribution in [2.75, 3.05) is 0 Å². The standard InChI is InChI=1S/C23H16F3NO2/c1-27-20-11-7-16(8-12-20)13-22(28)18-3-2-4-21(14-18)29-15-17-5-9-19(10-6-17)23(24,25)26/h2-12,14H,13,15H2. The molecule has 0 spiro atoms. The molecule has 3 aromatic rings. The van der Waals surface area contributed by atoms with Crippen LogP contribution in [0.4, 0.5) is 18.9 Å². The molecule has 0 unspecified atom stereocenters. The second-order valence-corrected chi connectivity index (χ2v) is 6.39. The van der Waals surface area contributed by atoms with Gasteiger partial charge in [0.15, 0.2) is 11.5 Å². The van der Waals surface area contributed by atoms with Crippen LogP contribution in [0, 0.1) is 6.57 Å². The molecule has 0 N–H and O–H groups in total. The van der Waals surface area contributed by atoms with Crippen molar-refractivity contribution in [2.45, 2.75) is 19.2 Å². The number of Topliss-reactive ketones (excluding diaryl/α,β-unsaturated/α-hetero) is 1. The van der Waals surface area contributed by atoms with Crippen molar-refractivity contribution >= 4 is 11.5 Å². The van der Waals surface area contributed by atoms with E-state index in [1.807, 2.05) is 0 Å². The Labute approximate surface area is 166 Å². The monoisotopic (exact) mass is 395 g/mol. The average molecular weight is 395 g/mol. The van der Waals surface area contributed by atoms with Crippen molar-refractivity contribution in [1.82, 2.24) is 0 Å². The maximum atomic E-state index is 12.6. The van der Waals surface area contributed by atoms with E-state index < -0.39 is 11.7 Å². The van der Waals surface area contributed by atoms with E-state index in [2.05, 4.69) is 4.85 Å². The molecule has 0 radical (unpaired) electrons. The SMILES string of the molecule is [C-]#[N+]c1ccc(CC(=O)c2cccc(OCc3ccc(C(F)(F)F)cc3)c2)cc1. The van der Waals surface area contributed by atoms with Crippen LogP contribution in [0.1, 0.15) is 27.0 Å². The van der Waals surface area contributed by atoms with Gasteiger partial charge in [0.05, 0.1) is 12.1 Å². The molecule has 0 amide bonds. The van der Waals surface area contributed by atoms with Gasteiger partial charge in [-0.2, -0.15) is 13.2 Å². The van der Waals surface area contributed by atoms with E-state index >= 15 is 0 Å². The van der Waals surface area contributed by atoms with Gasteiger partial charge in [-0.15, -0.1) is 0 Å². The Morgan fingerprint density at radius 2 is 1.59 bits per heavy atom. The molecular weight excluding hydrogens is 379 g/mol. The maximum absolute atomic E-state index is 12.6. The zero-order valence-corrected chi connectivity index (χ0v) is 15.2. The molecule has 0 aliphatic carbocycles. The van der Waals surface area contributed by atoms with Gasteiger partial charge < -0.3 is 4.74 Å². The van der Waals surface area contributed by atoms with Crippen LogP contribution < -0.4 is 4.74 Å². The summed E-state index contributed by atoms with van der Waals surface area (Å²) in [5.41, 5.74) is 1.68. The summed E-state index contributed by atoms with van der Waals surface area (Å²) in [4.78, 5) is 15.8. The topological polar surface area (TPSA) is 30.7 Å². The third-order valence-electron chi connectivity index (χ3n) is 4.27. The Hall–Kier alpha value is -3.59. The van der Waals surface area contributed by atoms with Crippen LogP contribution in [0.5, 0.6) is 5.75 Å². The lowest BCUT2D eigenvalue weighted by Gasteiger charge is -2.10. The summed E-state index contributed by atoms with van der Waals surface area (Å²) in [7, 11) is 0. The van der Waals surface area contributed by atoms with Gasteiger partial charge in [0.2, 0.25) is 0 Å². The second kappa shape index (κ2) is 8.61. The first-order valence-corrected chi connectivity index (χ1v) is 8.74. The van der Waals surface area contributed by atoms with Gasteiger partial charge >= 0.3 is 6.18 Å². The van der Waals surface area contributed by atoms with E-state index in [1.54, 1.807) is 48.5 Å². The predicted molar refractivity (Wildman–Crippen MR) is 103 cm³/mol. The van der Waals surface area contributed by atoms with Gasteiger partial charge in [-0.25, -0.2) is 4.85 Å². The van der Waals surface area contributed by atoms with Crippen LogP contribution in [0.2, 0.25) is 0 Å². The van der Waals surface area contributed by atoms with Gasteiger partial charge in [0.1, 0.15) is 12.4 Å². The van der Waals surface area contributed by atoms with Gasteiger partial charge in [0.25, 0.3) is 0 Å². The lowest BCUT2D eigenvalue weighted by Crippen LogP contribution is -2.05. The fourth-order valence-corrected chi connectivity index (χ4v) is 2.69. The molecule has 0 fully saturated rings. The number of hydrogen-bond donors (Lipinski definition) is 0. The number of hydrogen-bond acceptors (Lipinski definition) is 2. The Balaban J connectivity index is 1.63. The molecule has 3 nitrogen and oxygen atoms in total. The predicted octanol–water partition coefficient (Wildman–Crippen LogP) is 6.26. The zero-order chi connectivity index (χ0) is 20.9. The lowest BCUT2D eigenvalue weighted by molar-refractivity contribution is -0.137. The van der Waals surface area contributed by atoms with Crippen molar-refractivity contribution in [3.63, 3.8) is 0 Å². The van der Waals surface area contributed by atoms with E-state index in [1.165, 1.54) is 12.1 Å². The molecule has 0 aromatic heterocycles. The van der Waals surface area contributed by atoms with E-state index in [4.69, 9.17) is 11.3 Å². The van der Waals surface area contributed by atoms with E-state index in [0.717, 1.165) is 17.7 Å². The normalized spacial score (nSPS) is 11.0. The highest BCUT2D eigenvalue weighted by molar-refractivity contribution is 5.97. The van der Waals surface area contributed by atoms with Crippen molar-refractivity contribution in [3.8, 4) is 5.75 Å². The molecule has 6 heteroatoms. The molecule has 146 valence electrons. The summed E-state index contributed by atoms with van der Waals surface area (Å²) in [5, 5.41) is 0. The molecule has 0 aliphatic rings. The average Bonchev–Trinajstić information content (AvgIpc) is 2.72. The summed E-state index contributed by atoms with van der Waals surface area (Å²) in [6.07, 6.45) is -4.18. The minimum absolute atomic E-state index is 0.0911. The van der Waals surface area contributed by atoms with Crippen LogP contribution in [0.25, 0.3) is 4.85 Å². The molecule has 3 aromatic carbocycles. The Morgan fingerprint density at radius 3 is 2.21 bits per heavy atom. The molecule has 0 bridgehead atoms. The van der Waals surface area contributed by atoms with Crippen LogP contribution in [0.15, 0.2) is 72.8 Å². The number of ketones is 1. The molecular formula is C23H16F3NO2. The highest BCUT2D eigenvalue weighted by atomic mass is 19.4. The van der Waals surface area contributed by atoms with Gasteiger partial charge in [-0.05, 0) is 35.4 Å². The summed E-state index contributed by atoms with van der Waals surface area (Å²) < 4.78 is 43.4. The molecule has 3 rings (SSSR count). The second-order valence-electron chi connectivity index (χ2n) is 6.39. The Kier molecular flexibility index (Phi) is 5.99. The van der Waals surface area contributed by atoms with E-state index in [-0.39, 0.29) is 18.8 Å².